The second kappa shape index (κ2) is 7.28. The van der Waals surface area contributed by atoms with Crippen molar-refractivity contribution in [2.75, 3.05) is 18.9 Å². The predicted molar refractivity (Wildman–Crippen MR) is 76.7 cm³/mol. The van der Waals surface area contributed by atoms with Crippen LogP contribution in [0, 0.1) is 28.6 Å². The Kier molecular flexibility index (Phi) is 5.71. The van der Waals surface area contributed by atoms with Gasteiger partial charge in [-0.3, -0.25) is 9.69 Å². The number of carbonyl (C=O) groups is 1. The van der Waals surface area contributed by atoms with Gasteiger partial charge in [-0.25, -0.2) is 0 Å². The summed E-state index contributed by atoms with van der Waals surface area (Å²) in [5.74, 6) is -0.331. The average molecular weight is 270 g/mol. The molecule has 104 valence electrons. The van der Waals surface area contributed by atoms with Gasteiger partial charge in [0.05, 0.1) is 29.3 Å². The number of likely N-dealkylation sites (N-methyl/N-ethyl adjacent to an activating group) is 1. The maximum absolute atomic E-state index is 12.1. The van der Waals surface area contributed by atoms with Crippen LogP contribution in [0.25, 0.3) is 0 Å². The summed E-state index contributed by atoms with van der Waals surface area (Å²) in [7, 11) is 1.80. The monoisotopic (exact) mass is 270 g/mol. The Morgan fingerprint density at radius 3 is 2.60 bits per heavy atom. The van der Waals surface area contributed by atoms with Crippen LogP contribution in [0.1, 0.15) is 19.4 Å². The Balaban J connectivity index is 2.71. The maximum atomic E-state index is 12.1. The Morgan fingerprint density at radius 2 is 2.00 bits per heavy atom. The molecule has 0 aliphatic heterocycles. The molecule has 0 spiro atoms. The Hall–Kier alpha value is -2.37. The Morgan fingerprint density at radius 1 is 1.35 bits per heavy atom. The first-order chi connectivity index (χ1) is 9.49. The van der Waals surface area contributed by atoms with Crippen molar-refractivity contribution in [2.45, 2.75) is 19.9 Å². The van der Waals surface area contributed by atoms with Gasteiger partial charge in [-0.15, -0.1) is 0 Å². The lowest BCUT2D eigenvalue weighted by atomic mass is 10.1. The van der Waals surface area contributed by atoms with E-state index < -0.39 is 0 Å². The molecule has 5 nitrogen and oxygen atoms in total. The highest BCUT2D eigenvalue weighted by Gasteiger charge is 2.20. The molecule has 5 heteroatoms. The van der Waals surface area contributed by atoms with Crippen molar-refractivity contribution < 1.29 is 4.79 Å². The number of nitrogens with zero attached hydrogens (tertiary/aromatic N) is 3. The molecular formula is C15H18N4O. The molecule has 1 aromatic carbocycles. The van der Waals surface area contributed by atoms with Crippen LogP contribution in [0.2, 0.25) is 0 Å². The second-order valence-electron chi connectivity index (χ2n) is 4.79. The van der Waals surface area contributed by atoms with Crippen LogP contribution in [0.15, 0.2) is 24.3 Å². The van der Waals surface area contributed by atoms with Gasteiger partial charge in [-0.2, -0.15) is 10.5 Å². The van der Waals surface area contributed by atoms with E-state index >= 15 is 0 Å². The van der Waals surface area contributed by atoms with Crippen LogP contribution in [-0.4, -0.2) is 30.4 Å². The van der Waals surface area contributed by atoms with Crippen LogP contribution in [-0.2, 0) is 4.79 Å². The number of hydrogen-bond donors (Lipinski definition) is 1. The molecule has 2 unspecified atom stereocenters. The molecule has 0 bridgehead atoms. The van der Waals surface area contributed by atoms with Crippen LogP contribution in [0.5, 0.6) is 0 Å². The molecule has 1 N–H and O–H groups in total. The molecule has 0 aromatic heterocycles. The topological polar surface area (TPSA) is 79.9 Å². The molecule has 0 saturated carbocycles. The summed E-state index contributed by atoms with van der Waals surface area (Å²) < 4.78 is 0. The lowest BCUT2D eigenvalue weighted by molar-refractivity contribution is -0.120. The lowest BCUT2D eigenvalue weighted by Crippen LogP contribution is -2.41. The van der Waals surface area contributed by atoms with Gasteiger partial charge in [-0.1, -0.05) is 12.1 Å². The number of nitriles is 2. The second-order valence-corrected chi connectivity index (χ2v) is 4.79. The minimum atomic E-state index is -0.377. The first-order valence-corrected chi connectivity index (χ1v) is 6.39. The van der Waals surface area contributed by atoms with Crippen molar-refractivity contribution in [2.24, 2.45) is 5.92 Å². The van der Waals surface area contributed by atoms with E-state index in [4.69, 9.17) is 10.5 Å². The number of para-hydroxylation sites is 1. The number of benzene rings is 1. The van der Waals surface area contributed by atoms with Gasteiger partial charge in [0.2, 0.25) is 5.91 Å². The number of nitrogens with one attached hydrogen (secondary N) is 1. The average Bonchev–Trinajstić information content (AvgIpc) is 2.46. The summed E-state index contributed by atoms with van der Waals surface area (Å²) in [6, 6.07) is 10.7. The Bertz CT molecular complexity index is 556. The van der Waals surface area contributed by atoms with E-state index in [2.05, 4.69) is 11.4 Å². The lowest BCUT2D eigenvalue weighted by Gasteiger charge is -2.24. The van der Waals surface area contributed by atoms with E-state index in [1.54, 1.807) is 38.2 Å². The van der Waals surface area contributed by atoms with Crippen LogP contribution in [0.3, 0.4) is 0 Å². The largest absolute Gasteiger partial charge is 0.324 e. The number of carbonyl (C=O) groups excluding carboxylic acids is 1. The predicted octanol–water partition coefficient (Wildman–Crippen LogP) is 1.98. The molecule has 0 radical (unpaired) electrons. The molecule has 20 heavy (non-hydrogen) atoms. The third-order valence-corrected chi connectivity index (χ3v) is 3.13. The minimum Gasteiger partial charge on any atom is -0.324 e. The molecule has 2 atom stereocenters. The number of hydrogen-bond acceptors (Lipinski definition) is 4. The van der Waals surface area contributed by atoms with E-state index in [9.17, 15) is 4.79 Å². The van der Waals surface area contributed by atoms with Gasteiger partial charge in [0.15, 0.2) is 0 Å². The SMILES string of the molecule is CC(C#N)CN(C)C(C)C(=O)Nc1ccccc1C#N. The van der Waals surface area contributed by atoms with Gasteiger partial charge >= 0.3 is 0 Å². The molecule has 0 fully saturated rings. The zero-order valence-corrected chi connectivity index (χ0v) is 11.9. The molecular weight excluding hydrogens is 252 g/mol. The molecule has 0 aliphatic rings. The summed E-state index contributed by atoms with van der Waals surface area (Å²) in [5.41, 5.74) is 0.940. The molecule has 1 amide bonds. The molecule has 1 rings (SSSR count). The van der Waals surface area contributed by atoms with Crippen LogP contribution < -0.4 is 5.32 Å². The first kappa shape index (κ1) is 15.7. The minimum absolute atomic E-state index is 0.137. The van der Waals surface area contributed by atoms with Gasteiger partial charge < -0.3 is 5.32 Å². The highest BCUT2D eigenvalue weighted by Crippen LogP contribution is 2.14. The summed E-state index contributed by atoms with van der Waals surface area (Å²) in [6.07, 6.45) is 0. The summed E-state index contributed by atoms with van der Waals surface area (Å²) in [6.45, 7) is 4.10. The zero-order chi connectivity index (χ0) is 15.1. The summed E-state index contributed by atoms with van der Waals surface area (Å²) in [5, 5.41) is 20.5. The van der Waals surface area contributed by atoms with Gasteiger partial charge in [0.1, 0.15) is 6.07 Å². The highest BCUT2D eigenvalue weighted by molar-refractivity contribution is 5.95. The normalized spacial score (nSPS) is 13.1. The smallest absolute Gasteiger partial charge is 0.241 e. The van der Waals surface area contributed by atoms with E-state index in [1.165, 1.54) is 0 Å². The third-order valence-electron chi connectivity index (χ3n) is 3.13. The molecule has 0 saturated heterocycles. The fourth-order valence-corrected chi connectivity index (χ4v) is 1.76. The van der Waals surface area contributed by atoms with Gasteiger partial charge in [0, 0.05) is 6.54 Å². The quantitative estimate of drug-likeness (QED) is 0.887. The fourth-order valence-electron chi connectivity index (χ4n) is 1.76. The summed E-state index contributed by atoms with van der Waals surface area (Å²) in [4.78, 5) is 14.0. The number of anilines is 1. The van der Waals surface area contributed by atoms with Crippen molar-refractivity contribution in [3.8, 4) is 12.1 Å². The van der Waals surface area contributed by atoms with Crippen molar-refractivity contribution in [3.05, 3.63) is 29.8 Å². The standard InChI is InChI=1S/C15H18N4O/c1-11(8-16)10-19(3)12(2)15(20)18-14-7-5-4-6-13(14)9-17/h4-7,11-12H,10H2,1-3H3,(H,18,20). The van der Waals surface area contributed by atoms with E-state index in [0.717, 1.165) is 0 Å². The molecule has 1 aromatic rings. The third kappa shape index (κ3) is 4.08. The maximum Gasteiger partial charge on any atom is 0.241 e. The zero-order valence-electron chi connectivity index (χ0n) is 11.9. The van der Waals surface area contributed by atoms with Crippen molar-refractivity contribution >= 4 is 11.6 Å². The van der Waals surface area contributed by atoms with Crippen molar-refractivity contribution in [3.63, 3.8) is 0 Å². The first-order valence-electron chi connectivity index (χ1n) is 6.39. The van der Waals surface area contributed by atoms with Crippen LogP contribution >= 0.6 is 0 Å². The van der Waals surface area contributed by atoms with Gasteiger partial charge in [-0.05, 0) is 33.0 Å². The fraction of sp³-hybridized carbons (Fsp3) is 0.400. The highest BCUT2D eigenvalue weighted by atomic mass is 16.2. The van der Waals surface area contributed by atoms with E-state index in [1.807, 2.05) is 17.9 Å². The number of rotatable bonds is 5. The number of amides is 1. The van der Waals surface area contributed by atoms with Gasteiger partial charge in [0.25, 0.3) is 0 Å². The van der Waals surface area contributed by atoms with E-state index in [0.29, 0.717) is 17.8 Å². The van der Waals surface area contributed by atoms with Crippen molar-refractivity contribution in [1.82, 2.24) is 4.90 Å². The Labute approximate surface area is 119 Å². The van der Waals surface area contributed by atoms with Crippen molar-refractivity contribution in [1.29, 1.82) is 10.5 Å². The van der Waals surface area contributed by atoms with Crippen LogP contribution in [0.4, 0.5) is 5.69 Å². The molecule has 0 heterocycles. The van der Waals surface area contributed by atoms with E-state index in [-0.39, 0.29) is 17.9 Å². The molecule has 0 aliphatic carbocycles. The summed E-state index contributed by atoms with van der Waals surface area (Å²) >= 11 is 0.